The first-order chi connectivity index (χ1) is 14.1. The van der Waals surface area contributed by atoms with Gasteiger partial charge in [0.05, 0.1) is 0 Å². The largest absolute Gasteiger partial charge is 0.360 e. The van der Waals surface area contributed by atoms with Gasteiger partial charge >= 0.3 is 0 Å². The van der Waals surface area contributed by atoms with Crippen molar-refractivity contribution in [3.05, 3.63) is 40.8 Å². The smallest absolute Gasteiger partial charge is 0.249 e. The van der Waals surface area contributed by atoms with Gasteiger partial charge in [-0.2, -0.15) is 4.31 Å². The zero-order valence-corrected chi connectivity index (χ0v) is 19.3. The van der Waals surface area contributed by atoms with Gasteiger partial charge in [0.1, 0.15) is 16.6 Å². The minimum Gasteiger partial charge on any atom is -0.360 e. The molecule has 7 nitrogen and oxygen atoms in total. The number of nitrogens with one attached hydrogen (secondary N) is 1. The number of hydrogen-bond donors (Lipinski definition) is 1. The average Bonchev–Trinajstić information content (AvgIpc) is 3.29. The molecule has 1 aromatic carbocycles. The molecular weight excluding hydrogens is 402 g/mol. The van der Waals surface area contributed by atoms with Gasteiger partial charge < -0.3 is 9.84 Å². The molecule has 0 unspecified atom stereocenters. The van der Waals surface area contributed by atoms with Crippen LogP contribution in [-0.2, 0) is 14.8 Å². The lowest BCUT2D eigenvalue weighted by Crippen LogP contribution is -2.43. The molecule has 1 aromatic heterocycles. The van der Waals surface area contributed by atoms with Crippen LogP contribution in [-0.4, -0.2) is 36.4 Å². The molecule has 0 saturated carbocycles. The van der Waals surface area contributed by atoms with Gasteiger partial charge in [0.25, 0.3) is 0 Å². The van der Waals surface area contributed by atoms with Crippen LogP contribution >= 0.6 is 0 Å². The number of aromatic nitrogens is 1. The van der Waals surface area contributed by atoms with Crippen LogP contribution in [0.3, 0.4) is 0 Å². The number of hydrogen-bond acceptors (Lipinski definition) is 5. The quantitative estimate of drug-likeness (QED) is 0.732. The highest BCUT2D eigenvalue weighted by Gasteiger charge is 2.42. The number of sulfonamides is 1. The summed E-state index contributed by atoms with van der Waals surface area (Å²) in [4.78, 5) is 13.4. The van der Waals surface area contributed by atoms with Crippen LogP contribution in [0, 0.1) is 13.8 Å². The Morgan fingerprint density at radius 2 is 1.77 bits per heavy atom. The van der Waals surface area contributed by atoms with E-state index in [1.807, 2.05) is 18.2 Å². The molecule has 0 radical (unpaired) electrons. The Labute approximate surface area is 178 Å². The van der Waals surface area contributed by atoms with E-state index >= 15 is 0 Å². The predicted octanol–water partition coefficient (Wildman–Crippen LogP) is 4.33. The van der Waals surface area contributed by atoms with Crippen molar-refractivity contribution in [2.75, 3.05) is 11.9 Å². The number of nitrogens with zero attached hydrogens (tertiary/aromatic N) is 2. The molecule has 1 fully saturated rings. The number of amides is 1. The summed E-state index contributed by atoms with van der Waals surface area (Å²) < 4.78 is 33.0. The van der Waals surface area contributed by atoms with E-state index < -0.39 is 16.1 Å². The third kappa shape index (κ3) is 4.03. The van der Waals surface area contributed by atoms with Gasteiger partial charge in [0.15, 0.2) is 5.76 Å². The molecule has 0 bridgehead atoms. The van der Waals surface area contributed by atoms with Crippen molar-refractivity contribution >= 4 is 21.6 Å². The average molecular weight is 434 g/mol. The lowest BCUT2D eigenvalue weighted by atomic mass is 9.92. The van der Waals surface area contributed by atoms with Crippen LogP contribution in [0.25, 0.3) is 0 Å². The molecule has 164 valence electrons. The normalized spacial score (nSPS) is 17.8. The highest BCUT2D eigenvalue weighted by atomic mass is 32.2. The molecule has 1 amide bonds. The van der Waals surface area contributed by atoms with Gasteiger partial charge in [-0.1, -0.05) is 51.1 Å². The van der Waals surface area contributed by atoms with Crippen LogP contribution in [0.2, 0.25) is 0 Å². The van der Waals surface area contributed by atoms with Gasteiger partial charge in [-0.05, 0) is 49.7 Å². The summed E-state index contributed by atoms with van der Waals surface area (Å²) in [5.41, 5.74) is 3.21. The summed E-state index contributed by atoms with van der Waals surface area (Å²) >= 11 is 0. The molecule has 1 saturated heterocycles. The van der Waals surface area contributed by atoms with Crippen LogP contribution in [0.1, 0.15) is 75.0 Å². The van der Waals surface area contributed by atoms with Crippen molar-refractivity contribution in [1.82, 2.24) is 9.46 Å². The van der Waals surface area contributed by atoms with Crippen LogP contribution in [0.15, 0.2) is 27.6 Å². The van der Waals surface area contributed by atoms with Crippen LogP contribution in [0.5, 0.6) is 0 Å². The Bertz CT molecular complexity index is 995. The van der Waals surface area contributed by atoms with Crippen molar-refractivity contribution in [1.29, 1.82) is 0 Å². The van der Waals surface area contributed by atoms with E-state index in [0.29, 0.717) is 25.1 Å². The number of carbonyl (C=O) groups is 1. The summed E-state index contributed by atoms with van der Waals surface area (Å²) in [5, 5.41) is 6.85. The lowest BCUT2D eigenvalue weighted by molar-refractivity contribution is -0.119. The number of para-hydroxylation sites is 1. The van der Waals surface area contributed by atoms with E-state index in [2.05, 4.69) is 38.2 Å². The molecule has 2 aromatic rings. The first kappa shape index (κ1) is 22.5. The van der Waals surface area contributed by atoms with Crippen molar-refractivity contribution < 1.29 is 17.7 Å². The van der Waals surface area contributed by atoms with E-state index in [0.717, 1.165) is 16.8 Å². The third-order valence-electron chi connectivity index (χ3n) is 5.66. The van der Waals surface area contributed by atoms with Crippen molar-refractivity contribution in [2.24, 2.45) is 0 Å². The molecule has 1 atom stereocenters. The van der Waals surface area contributed by atoms with Gasteiger partial charge in [-0.15, -0.1) is 0 Å². The molecular formula is C22H31N3O4S. The maximum atomic E-state index is 13.3. The predicted molar refractivity (Wildman–Crippen MR) is 116 cm³/mol. The highest BCUT2D eigenvalue weighted by Crippen LogP contribution is 2.34. The topological polar surface area (TPSA) is 92.5 Å². The first-order valence-electron chi connectivity index (χ1n) is 10.4. The SMILES string of the molecule is Cc1noc(C)c1S(=O)(=O)N1CCC[C@H]1C(=O)Nc1c(C(C)C)cccc1C(C)C. The maximum absolute atomic E-state index is 13.3. The molecule has 1 aliphatic rings. The second-order valence-corrected chi connectivity index (χ2v) is 10.4. The van der Waals surface area contributed by atoms with Gasteiger partial charge in [0, 0.05) is 12.2 Å². The fourth-order valence-corrected chi connectivity index (χ4v) is 6.10. The Kier molecular flexibility index (Phi) is 6.38. The monoisotopic (exact) mass is 433 g/mol. The third-order valence-corrected chi connectivity index (χ3v) is 7.82. The Balaban J connectivity index is 1.95. The second-order valence-electron chi connectivity index (χ2n) is 8.54. The zero-order chi connectivity index (χ0) is 22.2. The van der Waals surface area contributed by atoms with Crippen LogP contribution in [0.4, 0.5) is 5.69 Å². The highest BCUT2D eigenvalue weighted by molar-refractivity contribution is 7.89. The molecule has 30 heavy (non-hydrogen) atoms. The molecule has 0 spiro atoms. The number of carbonyl (C=O) groups excluding carboxylic acids is 1. The van der Waals surface area contributed by atoms with E-state index in [-0.39, 0.29) is 28.4 Å². The molecule has 1 N–H and O–H groups in total. The van der Waals surface area contributed by atoms with Gasteiger partial charge in [-0.25, -0.2) is 8.42 Å². The fourth-order valence-electron chi connectivity index (χ4n) is 4.15. The fraction of sp³-hybridized carbons (Fsp3) is 0.545. The zero-order valence-electron chi connectivity index (χ0n) is 18.5. The Hall–Kier alpha value is -2.19. The van der Waals surface area contributed by atoms with E-state index in [1.54, 1.807) is 13.8 Å². The molecule has 3 rings (SSSR count). The number of aryl methyl sites for hydroxylation is 2. The maximum Gasteiger partial charge on any atom is 0.249 e. The van der Waals surface area contributed by atoms with E-state index in [1.165, 1.54) is 4.31 Å². The summed E-state index contributed by atoms with van der Waals surface area (Å²) in [6, 6.07) is 5.27. The van der Waals surface area contributed by atoms with Gasteiger partial charge in [-0.3, -0.25) is 4.79 Å². The van der Waals surface area contributed by atoms with Crippen molar-refractivity contribution in [3.63, 3.8) is 0 Å². The number of rotatable bonds is 6. The molecule has 2 heterocycles. The summed E-state index contributed by atoms with van der Waals surface area (Å²) in [6.45, 7) is 11.8. The summed E-state index contributed by atoms with van der Waals surface area (Å²) in [5.74, 6) is 0.401. The Morgan fingerprint density at radius 3 is 2.27 bits per heavy atom. The van der Waals surface area contributed by atoms with Crippen LogP contribution < -0.4 is 5.32 Å². The van der Waals surface area contributed by atoms with E-state index in [4.69, 9.17) is 4.52 Å². The second kappa shape index (κ2) is 8.51. The lowest BCUT2D eigenvalue weighted by Gasteiger charge is -2.25. The molecule has 1 aliphatic heterocycles. The minimum atomic E-state index is -3.88. The summed E-state index contributed by atoms with van der Waals surface area (Å²) in [6.07, 6.45) is 1.11. The van der Waals surface area contributed by atoms with Crippen molar-refractivity contribution in [3.8, 4) is 0 Å². The summed E-state index contributed by atoms with van der Waals surface area (Å²) in [7, 11) is -3.88. The minimum absolute atomic E-state index is 0.0626. The van der Waals surface area contributed by atoms with E-state index in [9.17, 15) is 13.2 Å². The molecule has 8 heteroatoms. The number of benzene rings is 1. The van der Waals surface area contributed by atoms with Gasteiger partial charge in [0.2, 0.25) is 15.9 Å². The molecule has 0 aliphatic carbocycles. The first-order valence-corrected chi connectivity index (χ1v) is 11.9. The Morgan fingerprint density at radius 1 is 1.17 bits per heavy atom. The standard InChI is InChI=1S/C22H31N3O4S/c1-13(2)17-9-7-10-18(14(3)4)20(17)23-22(26)19-11-8-12-25(19)30(27,28)21-15(5)24-29-16(21)6/h7,9-10,13-14,19H,8,11-12H2,1-6H3,(H,23,26)/t19-/m0/s1. The van der Waals surface area contributed by atoms with Crippen molar-refractivity contribution in [2.45, 2.75) is 77.2 Å². The number of anilines is 1.